The van der Waals surface area contributed by atoms with Gasteiger partial charge in [-0.15, -0.1) is 11.3 Å². The largest absolute Gasteiger partial charge is 0.465 e. The molecule has 1 aromatic carbocycles. The van der Waals surface area contributed by atoms with Crippen molar-refractivity contribution < 1.29 is 14.3 Å². The number of esters is 1. The van der Waals surface area contributed by atoms with Crippen LogP contribution in [0.2, 0.25) is 5.02 Å². The molecule has 1 aromatic heterocycles. The average Bonchev–Trinajstić information content (AvgIpc) is 2.98. The first-order valence-corrected chi connectivity index (χ1v) is 8.64. The standard InChI is InChI=1S/C17H16ClNO3S/c1-22-17(21)12-7-6-10(18)8-14(12)19-16(20)13-9-23-15-5-3-2-4-11(13)15/h6-9H,2-5H2,1H3,(H,19,20). The Morgan fingerprint density at radius 2 is 2.00 bits per heavy atom. The zero-order valence-corrected chi connectivity index (χ0v) is 14.2. The number of rotatable bonds is 3. The number of halogens is 1. The molecular formula is C17H16ClNO3S. The van der Waals surface area contributed by atoms with Crippen LogP contribution in [0.3, 0.4) is 0 Å². The van der Waals surface area contributed by atoms with E-state index in [9.17, 15) is 9.59 Å². The van der Waals surface area contributed by atoms with Gasteiger partial charge in [0.05, 0.1) is 23.9 Å². The molecule has 120 valence electrons. The molecule has 4 nitrogen and oxygen atoms in total. The maximum absolute atomic E-state index is 12.6. The predicted octanol–water partition coefficient (Wildman–Crippen LogP) is 4.32. The van der Waals surface area contributed by atoms with Crippen molar-refractivity contribution in [3.05, 3.63) is 50.2 Å². The number of fused-ring (bicyclic) bond motifs is 1. The van der Waals surface area contributed by atoms with Crippen LogP contribution in [0.4, 0.5) is 5.69 Å². The summed E-state index contributed by atoms with van der Waals surface area (Å²) in [5.74, 6) is -0.721. The second-order valence-corrected chi connectivity index (χ2v) is 6.79. The molecule has 0 bridgehead atoms. The van der Waals surface area contributed by atoms with Gasteiger partial charge in [-0.25, -0.2) is 4.79 Å². The molecule has 0 aliphatic heterocycles. The lowest BCUT2D eigenvalue weighted by Crippen LogP contribution is -2.17. The summed E-state index contributed by atoms with van der Waals surface area (Å²) < 4.78 is 4.75. The van der Waals surface area contributed by atoms with Crippen LogP contribution in [-0.4, -0.2) is 19.0 Å². The molecule has 0 fully saturated rings. The van der Waals surface area contributed by atoms with Crippen molar-refractivity contribution in [1.82, 2.24) is 0 Å². The van der Waals surface area contributed by atoms with Crippen LogP contribution >= 0.6 is 22.9 Å². The average molecular weight is 350 g/mol. The van der Waals surface area contributed by atoms with Crippen LogP contribution < -0.4 is 5.32 Å². The summed E-state index contributed by atoms with van der Waals surface area (Å²) in [6, 6.07) is 4.70. The Hall–Kier alpha value is -1.85. The summed E-state index contributed by atoms with van der Waals surface area (Å²) >= 11 is 7.62. The Bertz CT molecular complexity index is 769. The summed E-state index contributed by atoms with van der Waals surface area (Å²) in [6.45, 7) is 0. The highest BCUT2D eigenvalue weighted by Gasteiger charge is 2.22. The van der Waals surface area contributed by atoms with Gasteiger partial charge in [0.25, 0.3) is 5.91 Å². The topological polar surface area (TPSA) is 55.4 Å². The molecule has 0 spiro atoms. The number of anilines is 1. The van der Waals surface area contributed by atoms with Gasteiger partial charge < -0.3 is 10.1 Å². The molecule has 2 aromatic rings. The van der Waals surface area contributed by atoms with Crippen molar-refractivity contribution in [2.45, 2.75) is 25.7 Å². The summed E-state index contributed by atoms with van der Waals surface area (Å²) in [6.07, 6.45) is 4.25. The number of nitrogens with one attached hydrogen (secondary N) is 1. The minimum atomic E-state index is -0.510. The lowest BCUT2D eigenvalue weighted by molar-refractivity contribution is 0.0602. The third-order valence-corrected chi connectivity index (χ3v) is 5.26. The van der Waals surface area contributed by atoms with Gasteiger partial charge in [0, 0.05) is 15.3 Å². The fourth-order valence-corrected chi connectivity index (χ4v) is 4.08. The lowest BCUT2D eigenvalue weighted by atomic mass is 9.95. The van der Waals surface area contributed by atoms with E-state index in [0.717, 1.165) is 24.8 Å². The highest BCUT2D eigenvalue weighted by atomic mass is 35.5. The number of hydrogen-bond acceptors (Lipinski definition) is 4. The Balaban J connectivity index is 1.90. The lowest BCUT2D eigenvalue weighted by Gasteiger charge is -2.14. The zero-order valence-electron chi connectivity index (χ0n) is 12.6. The third kappa shape index (κ3) is 3.26. The van der Waals surface area contributed by atoms with Crippen molar-refractivity contribution >= 4 is 40.5 Å². The molecule has 1 heterocycles. The Morgan fingerprint density at radius 3 is 2.78 bits per heavy atom. The second-order valence-electron chi connectivity index (χ2n) is 5.39. The monoisotopic (exact) mass is 349 g/mol. The summed E-state index contributed by atoms with van der Waals surface area (Å²) in [5.41, 5.74) is 2.49. The number of aryl methyl sites for hydroxylation is 1. The number of thiophene rings is 1. The van der Waals surface area contributed by atoms with E-state index in [-0.39, 0.29) is 11.5 Å². The molecule has 0 atom stereocenters. The van der Waals surface area contributed by atoms with Crippen LogP contribution in [0.5, 0.6) is 0 Å². The van der Waals surface area contributed by atoms with Crippen molar-refractivity contribution in [3.8, 4) is 0 Å². The van der Waals surface area contributed by atoms with Crippen LogP contribution in [0.15, 0.2) is 23.6 Å². The molecule has 0 radical (unpaired) electrons. The molecule has 0 saturated carbocycles. The minimum Gasteiger partial charge on any atom is -0.465 e. The number of hydrogen-bond donors (Lipinski definition) is 1. The van der Waals surface area contributed by atoms with E-state index >= 15 is 0 Å². The van der Waals surface area contributed by atoms with Gasteiger partial charge in [-0.3, -0.25) is 4.79 Å². The van der Waals surface area contributed by atoms with Crippen molar-refractivity contribution in [3.63, 3.8) is 0 Å². The molecule has 6 heteroatoms. The van der Waals surface area contributed by atoms with Crippen LogP contribution in [0.25, 0.3) is 0 Å². The molecular weight excluding hydrogens is 334 g/mol. The Kier molecular flexibility index (Phi) is 4.68. The molecule has 1 aliphatic carbocycles. The van der Waals surface area contributed by atoms with E-state index in [2.05, 4.69) is 5.32 Å². The molecule has 0 saturated heterocycles. The fraction of sp³-hybridized carbons (Fsp3) is 0.294. The van der Waals surface area contributed by atoms with Crippen LogP contribution in [-0.2, 0) is 17.6 Å². The summed E-state index contributed by atoms with van der Waals surface area (Å²) in [5, 5.41) is 5.14. The van der Waals surface area contributed by atoms with E-state index in [1.165, 1.54) is 18.4 Å². The van der Waals surface area contributed by atoms with E-state index in [0.29, 0.717) is 16.3 Å². The first-order valence-electron chi connectivity index (χ1n) is 7.38. The Morgan fingerprint density at radius 1 is 1.22 bits per heavy atom. The highest BCUT2D eigenvalue weighted by molar-refractivity contribution is 7.10. The molecule has 1 aliphatic rings. The molecule has 1 amide bonds. The first-order chi connectivity index (χ1) is 11.1. The zero-order chi connectivity index (χ0) is 16.4. The van der Waals surface area contributed by atoms with Crippen molar-refractivity contribution in [2.75, 3.05) is 12.4 Å². The van der Waals surface area contributed by atoms with Crippen LogP contribution in [0, 0.1) is 0 Å². The fourth-order valence-electron chi connectivity index (χ4n) is 2.78. The van der Waals surface area contributed by atoms with Gasteiger partial charge in [-0.1, -0.05) is 11.6 Å². The van der Waals surface area contributed by atoms with Gasteiger partial charge in [0.2, 0.25) is 0 Å². The molecule has 3 rings (SSSR count). The predicted molar refractivity (Wildman–Crippen MR) is 91.7 cm³/mol. The summed E-state index contributed by atoms with van der Waals surface area (Å²) in [4.78, 5) is 25.7. The normalized spacial score (nSPS) is 13.3. The maximum Gasteiger partial charge on any atom is 0.339 e. The number of methoxy groups -OCH3 is 1. The van der Waals surface area contributed by atoms with Crippen LogP contribution in [0.1, 0.15) is 44.0 Å². The van der Waals surface area contributed by atoms with Gasteiger partial charge in [0.15, 0.2) is 0 Å². The molecule has 0 unspecified atom stereocenters. The number of amides is 1. The Labute approximate surface area is 143 Å². The summed E-state index contributed by atoms with van der Waals surface area (Å²) in [7, 11) is 1.30. The SMILES string of the molecule is COC(=O)c1ccc(Cl)cc1NC(=O)c1csc2c1CCCC2. The third-order valence-electron chi connectivity index (χ3n) is 3.94. The number of carbonyl (C=O) groups excluding carboxylic acids is 2. The molecule has 23 heavy (non-hydrogen) atoms. The van der Waals surface area contributed by atoms with Gasteiger partial charge in [-0.2, -0.15) is 0 Å². The van der Waals surface area contributed by atoms with E-state index < -0.39 is 5.97 Å². The second kappa shape index (κ2) is 6.72. The van der Waals surface area contributed by atoms with E-state index in [1.807, 2.05) is 5.38 Å². The maximum atomic E-state index is 12.6. The smallest absolute Gasteiger partial charge is 0.339 e. The highest BCUT2D eigenvalue weighted by Crippen LogP contribution is 2.31. The van der Waals surface area contributed by atoms with Gasteiger partial charge >= 0.3 is 5.97 Å². The van der Waals surface area contributed by atoms with Crippen molar-refractivity contribution in [1.29, 1.82) is 0 Å². The minimum absolute atomic E-state index is 0.211. The number of ether oxygens (including phenoxy) is 1. The van der Waals surface area contributed by atoms with E-state index in [4.69, 9.17) is 16.3 Å². The number of carbonyl (C=O) groups is 2. The first kappa shape index (κ1) is 16.0. The molecule has 1 N–H and O–H groups in total. The number of benzene rings is 1. The van der Waals surface area contributed by atoms with Gasteiger partial charge in [0.1, 0.15) is 0 Å². The van der Waals surface area contributed by atoms with Gasteiger partial charge in [-0.05, 0) is 49.4 Å². The van der Waals surface area contributed by atoms with Crippen molar-refractivity contribution in [2.24, 2.45) is 0 Å². The van der Waals surface area contributed by atoms with E-state index in [1.54, 1.807) is 29.5 Å². The quantitative estimate of drug-likeness (QED) is 0.839.